The molecule has 4 heterocycles. The van der Waals surface area contributed by atoms with Gasteiger partial charge in [0.25, 0.3) is 0 Å². The first-order chi connectivity index (χ1) is 49.5. The fourth-order valence-corrected chi connectivity index (χ4v) is 13.2. The average Bonchev–Trinajstić information content (AvgIpc) is 0.782. The molecule has 8 heteroatoms. The molecule has 0 saturated heterocycles. The minimum absolute atomic E-state index is 0.631. The summed E-state index contributed by atoms with van der Waals surface area (Å²) >= 11 is 0. The van der Waals surface area contributed by atoms with Crippen molar-refractivity contribution in [1.82, 2.24) is 39.9 Å². The molecule has 0 spiro atoms. The molecule has 0 aliphatic rings. The van der Waals surface area contributed by atoms with E-state index in [0.29, 0.717) is 34.9 Å². The summed E-state index contributed by atoms with van der Waals surface area (Å²) in [7, 11) is 0. The summed E-state index contributed by atoms with van der Waals surface area (Å²) in [5, 5.41) is 7.01. The monoisotopic (exact) mass is 1280 g/mol. The third-order valence-electron chi connectivity index (χ3n) is 18.3. The molecule has 0 unspecified atom stereocenters. The van der Waals surface area contributed by atoms with Crippen molar-refractivity contribution in [2.75, 3.05) is 0 Å². The van der Waals surface area contributed by atoms with Crippen molar-refractivity contribution in [1.29, 1.82) is 0 Å². The van der Waals surface area contributed by atoms with Gasteiger partial charge in [-0.1, -0.05) is 315 Å². The maximum Gasteiger partial charge on any atom is 0.164 e. The van der Waals surface area contributed by atoms with Crippen LogP contribution in [0.4, 0.5) is 0 Å². The van der Waals surface area contributed by atoms with E-state index in [4.69, 9.17) is 39.9 Å². The number of pyridine rings is 2. The molecule has 0 saturated carbocycles. The maximum absolute atomic E-state index is 5.03. The molecule has 0 aliphatic heterocycles. The second-order valence-corrected chi connectivity index (χ2v) is 24.7. The largest absolute Gasteiger partial charge is 0.256 e. The van der Waals surface area contributed by atoms with Crippen LogP contribution in [0.15, 0.2) is 364 Å². The van der Waals surface area contributed by atoms with Crippen molar-refractivity contribution in [2.45, 2.75) is 0 Å². The normalized spacial score (nSPS) is 11.2. The van der Waals surface area contributed by atoms with Crippen LogP contribution in [0.1, 0.15) is 0 Å². The Morgan fingerprint density at radius 3 is 1.01 bits per heavy atom. The lowest BCUT2D eigenvalue weighted by molar-refractivity contribution is 1.07. The fraction of sp³-hybridized carbons (Fsp3) is 0. The first kappa shape index (κ1) is 60.1. The molecule has 468 valence electrons. The van der Waals surface area contributed by atoms with Crippen molar-refractivity contribution in [3.63, 3.8) is 0 Å². The quantitative estimate of drug-likeness (QED) is 0.111. The summed E-state index contributed by atoms with van der Waals surface area (Å²) in [6.45, 7) is 0. The van der Waals surface area contributed by atoms with Crippen LogP contribution in [-0.2, 0) is 0 Å². The lowest BCUT2D eigenvalue weighted by atomic mass is 9.94. The van der Waals surface area contributed by atoms with Gasteiger partial charge >= 0.3 is 0 Å². The summed E-state index contributed by atoms with van der Waals surface area (Å²) in [4.78, 5) is 39.4. The van der Waals surface area contributed by atoms with E-state index >= 15 is 0 Å². The molecular weight excluding hydrogens is 1220 g/mol. The topological polar surface area (TPSA) is 103 Å². The first-order valence-corrected chi connectivity index (χ1v) is 33.4. The van der Waals surface area contributed by atoms with Gasteiger partial charge in [0.1, 0.15) is 0 Å². The Kier molecular flexibility index (Phi) is 16.2. The molecule has 4 aromatic heterocycles. The Balaban J connectivity index is 0.000000150. The van der Waals surface area contributed by atoms with Gasteiger partial charge in [0.2, 0.25) is 0 Å². The summed E-state index contributed by atoms with van der Waals surface area (Å²) in [5.41, 5.74) is 21.3. The highest BCUT2D eigenvalue weighted by molar-refractivity contribution is 6.10. The van der Waals surface area contributed by atoms with Crippen LogP contribution in [0, 0.1) is 0 Å². The van der Waals surface area contributed by atoms with Crippen molar-refractivity contribution in [3.8, 4) is 135 Å². The van der Waals surface area contributed by atoms with E-state index < -0.39 is 0 Å². The number of nitrogens with zero attached hydrogens (tertiary/aromatic N) is 8. The molecule has 0 N–H and O–H groups in total. The van der Waals surface area contributed by atoms with Crippen LogP contribution in [0.25, 0.3) is 178 Å². The summed E-state index contributed by atoms with van der Waals surface area (Å²) < 4.78 is 0. The van der Waals surface area contributed by atoms with Gasteiger partial charge in [0.05, 0.1) is 11.0 Å². The summed E-state index contributed by atoms with van der Waals surface area (Å²) in [6.07, 6.45) is 3.82. The molecular formula is C92H60N8. The van der Waals surface area contributed by atoms with Gasteiger partial charge in [-0.25, -0.2) is 29.9 Å². The number of rotatable bonds is 12. The molecule has 0 radical (unpaired) electrons. The predicted octanol–water partition coefficient (Wildman–Crippen LogP) is 23.2. The summed E-state index contributed by atoms with van der Waals surface area (Å²) in [5.74, 6) is 3.82. The van der Waals surface area contributed by atoms with E-state index in [-0.39, 0.29) is 0 Å². The molecule has 0 atom stereocenters. The highest BCUT2D eigenvalue weighted by atomic mass is 15.0. The molecule has 0 bridgehead atoms. The number of fused-ring (bicyclic) bond motifs is 6. The zero-order valence-corrected chi connectivity index (χ0v) is 54.2. The SMILES string of the molecule is c1ccc(-c2ccc(-c3nc(-c4ccccc4)nc(-c4cccc(-c5cccc(-c6ccc7c(c6)ncc6ccccc67)c5)c4)n3)cc2)cc1.c1ccc(-c2ccc(-c3nc(-c4ccccc4)nc(-c4cccc(-c5cccc(-c6cccc7c6ccc6cccnc67)c5)c4)n3)cc2)cc1. The number of hydrogen-bond acceptors (Lipinski definition) is 8. The number of benzene rings is 14. The van der Waals surface area contributed by atoms with Crippen molar-refractivity contribution >= 4 is 43.4 Å². The van der Waals surface area contributed by atoms with Gasteiger partial charge in [0.15, 0.2) is 34.9 Å². The molecule has 18 aromatic rings. The highest BCUT2D eigenvalue weighted by Gasteiger charge is 2.18. The standard InChI is InChI=1S/2C46H30N4/c1-3-11-31(12-4-1)32-22-24-35(25-23-32)45-48-44(34-13-5-2-6-14-34)49-46(50-45)39-18-8-16-37(30-39)36-15-7-17-38(29-36)40-20-9-21-42-41(40)27-26-33-19-10-28-47-43(33)42;1-3-11-31(12-4-1)32-21-23-34(24-22-32)45-48-44(33-13-5-2-6-14-33)49-46(50-45)39-19-10-18-37(28-39)35-16-9-17-36(27-35)38-25-26-42-41-20-8-7-15-40(41)30-47-43(42)29-38/h2*1-30H. The number of aromatic nitrogens is 8. The van der Waals surface area contributed by atoms with Crippen LogP contribution < -0.4 is 0 Å². The first-order valence-electron chi connectivity index (χ1n) is 33.4. The molecule has 14 aromatic carbocycles. The Morgan fingerprint density at radius 2 is 0.500 bits per heavy atom. The lowest BCUT2D eigenvalue weighted by Crippen LogP contribution is -2.00. The third-order valence-corrected chi connectivity index (χ3v) is 18.3. The predicted molar refractivity (Wildman–Crippen MR) is 411 cm³/mol. The van der Waals surface area contributed by atoms with E-state index in [1.807, 2.05) is 91.3 Å². The molecule has 0 aliphatic carbocycles. The number of hydrogen-bond donors (Lipinski definition) is 0. The van der Waals surface area contributed by atoms with Crippen LogP contribution in [0.3, 0.4) is 0 Å². The second kappa shape index (κ2) is 26.9. The fourth-order valence-electron chi connectivity index (χ4n) is 13.2. The smallest absolute Gasteiger partial charge is 0.164 e. The van der Waals surface area contributed by atoms with Gasteiger partial charge in [-0.05, 0) is 114 Å². The molecule has 18 rings (SSSR count). The highest BCUT2D eigenvalue weighted by Crippen LogP contribution is 2.38. The third kappa shape index (κ3) is 12.4. The van der Waals surface area contributed by atoms with E-state index in [9.17, 15) is 0 Å². The maximum atomic E-state index is 5.03. The Morgan fingerprint density at radius 1 is 0.170 bits per heavy atom. The van der Waals surface area contributed by atoms with Crippen molar-refractivity contribution in [3.05, 3.63) is 364 Å². The lowest BCUT2D eigenvalue weighted by Gasteiger charge is -2.12. The molecule has 0 amide bonds. The summed E-state index contributed by atoms with van der Waals surface area (Å²) in [6, 6.07) is 122. The van der Waals surface area contributed by atoms with E-state index in [1.165, 1.54) is 27.5 Å². The van der Waals surface area contributed by atoms with Crippen LogP contribution in [0.2, 0.25) is 0 Å². The van der Waals surface area contributed by atoms with Gasteiger partial charge < -0.3 is 0 Å². The minimum atomic E-state index is 0.631. The minimum Gasteiger partial charge on any atom is -0.256 e. The van der Waals surface area contributed by atoms with Crippen LogP contribution in [0.5, 0.6) is 0 Å². The average molecular weight is 1280 g/mol. The van der Waals surface area contributed by atoms with Crippen molar-refractivity contribution in [2.24, 2.45) is 0 Å². The van der Waals surface area contributed by atoms with E-state index in [2.05, 4.69) is 273 Å². The zero-order valence-electron chi connectivity index (χ0n) is 54.2. The Hall–Kier alpha value is -13.6. The van der Waals surface area contributed by atoms with Crippen molar-refractivity contribution < 1.29 is 0 Å². The van der Waals surface area contributed by atoms with Gasteiger partial charge in [-0.2, -0.15) is 0 Å². The van der Waals surface area contributed by atoms with E-state index in [0.717, 1.165) is 116 Å². The van der Waals surface area contributed by atoms with Gasteiger partial charge in [0, 0.05) is 67.3 Å². The Bertz CT molecular complexity index is 6010. The zero-order chi connectivity index (χ0) is 66.6. The van der Waals surface area contributed by atoms with Gasteiger partial charge in [-0.15, -0.1) is 0 Å². The second-order valence-electron chi connectivity index (χ2n) is 24.7. The van der Waals surface area contributed by atoms with E-state index in [1.54, 1.807) is 0 Å². The Labute approximate surface area is 579 Å². The molecule has 0 fully saturated rings. The van der Waals surface area contributed by atoms with Crippen LogP contribution in [-0.4, -0.2) is 39.9 Å². The molecule has 100 heavy (non-hydrogen) atoms. The van der Waals surface area contributed by atoms with Crippen LogP contribution >= 0.6 is 0 Å². The van der Waals surface area contributed by atoms with Gasteiger partial charge in [-0.3, -0.25) is 9.97 Å². The molecule has 8 nitrogen and oxygen atoms in total.